The van der Waals surface area contributed by atoms with E-state index >= 15 is 0 Å². The molecule has 5 heteroatoms. The Kier molecular flexibility index (Phi) is 5.51. The fourth-order valence-corrected chi connectivity index (χ4v) is 4.12. The number of fused-ring (bicyclic) bond motifs is 1. The average Bonchev–Trinajstić information content (AvgIpc) is 2.73. The number of esters is 1. The van der Waals surface area contributed by atoms with Crippen molar-refractivity contribution >= 4 is 23.3 Å². The molecule has 1 aliphatic rings. The third kappa shape index (κ3) is 4.61. The van der Waals surface area contributed by atoms with E-state index in [9.17, 15) is 9.59 Å². The van der Waals surface area contributed by atoms with E-state index in [0.717, 1.165) is 28.9 Å². The maximum absolute atomic E-state index is 12.4. The Morgan fingerprint density at radius 1 is 1.00 bits per heavy atom. The van der Waals surface area contributed by atoms with Crippen LogP contribution in [0, 0.1) is 5.41 Å². The minimum absolute atomic E-state index is 0.0589. The van der Waals surface area contributed by atoms with Crippen LogP contribution in [0.4, 0.5) is 11.4 Å². The first-order valence-electron chi connectivity index (χ1n) is 10.4. The van der Waals surface area contributed by atoms with Crippen LogP contribution in [0.3, 0.4) is 0 Å². The van der Waals surface area contributed by atoms with E-state index in [2.05, 4.69) is 36.6 Å². The van der Waals surface area contributed by atoms with Gasteiger partial charge in [-0.2, -0.15) is 0 Å². The molecular weight excluding hydrogens is 388 g/mol. The Balaban J connectivity index is 1.51. The van der Waals surface area contributed by atoms with Crippen LogP contribution in [0.25, 0.3) is 0 Å². The smallest absolute Gasteiger partial charge is 0.308 e. The lowest BCUT2D eigenvalue weighted by Gasteiger charge is -2.41. The van der Waals surface area contributed by atoms with Crippen LogP contribution >= 0.6 is 0 Å². The summed E-state index contributed by atoms with van der Waals surface area (Å²) in [6, 6.07) is 23.0. The number of amides is 1. The predicted molar refractivity (Wildman–Crippen MR) is 122 cm³/mol. The number of carbonyl (C=O) groups is 2. The minimum atomic E-state index is -0.319. The quantitative estimate of drug-likeness (QED) is 0.431. The molecular formula is C26H26N2O3. The maximum atomic E-state index is 12.4. The van der Waals surface area contributed by atoms with Gasteiger partial charge in [0.05, 0.1) is 6.04 Å². The van der Waals surface area contributed by atoms with E-state index in [4.69, 9.17) is 4.74 Å². The fourth-order valence-electron chi connectivity index (χ4n) is 4.12. The lowest BCUT2D eigenvalue weighted by molar-refractivity contribution is -0.131. The summed E-state index contributed by atoms with van der Waals surface area (Å²) in [6.45, 7) is 5.85. The van der Waals surface area contributed by atoms with Gasteiger partial charge in [-0.1, -0.05) is 44.2 Å². The topological polar surface area (TPSA) is 67.4 Å². The molecule has 1 amide bonds. The number of hydrogen-bond donors (Lipinski definition) is 2. The lowest BCUT2D eigenvalue weighted by Crippen LogP contribution is -2.35. The number of rotatable bonds is 4. The van der Waals surface area contributed by atoms with Gasteiger partial charge in [0.2, 0.25) is 0 Å². The molecule has 158 valence electrons. The first-order chi connectivity index (χ1) is 14.8. The molecule has 1 aliphatic heterocycles. The van der Waals surface area contributed by atoms with Gasteiger partial charge in [0.15, 0.2) is 0 Å². The largest absolute Gasteiger partial charge is 0.427 e. The Labute approximate surface area is 182 Å². The van der Waals surface area contributed by atoms with Gasteiger partial charge in [-0.05, 0) is 65.4 Å². The SMILES string of the molecule is CC(=O)Oc1ccc2c(c1)CC(C)(C)C(c1ccc(NC(=O)c3ccccc3)cc1)N2. The van der Waals surface area contributed by atoms with E-state index in [1.54, 1.807) is 12.1 Å². The van der Waals surface area contributed by atoms with Crippen molar-refractivity contribution in [2.75, 3.05) is 10.6 Å². The molecule has 0 saturated carbocycles. The number of ether oxygens (including phenoxy) is 1. The summed E-state index contributed by atoms with van der Waals surface area (Å²) in [5.74, 6) is 0.128. The number of anilines is 2. The third-order valence-corrected chi connectivity index (χ3v) is 5.60. The highest BCUT2D eigenvalue weighted by atomic mass is 16.5. The zero-order valence-corrected chi connectivity index (χ0v) is 17.9. The molecule has 4 rings (SSSR count). The zero-order chi connectivity index (χ0) is 22.0. The molecule has 2 N–H and O–H groups in total. The molecule has 31 heavy (non-hydrogen) atoms. The first-order valence-corrected chi connectivity index (χ1v) is 10.4. The molecule has 0 spiro atoms. The molecule has 0 aromatic heterocycles. The monoisotopic (exact) mass is 414 g/mol. The highest BCUT2D eigenvalue weighted by Crippen LogP contribution is 2.45. The lowest BCUT2D eigenvalue weighted by atomic mass is 9.73. The van der Waals surface area contributed by atoms with E-state index in [1.807, 2.05) is 48.5 Å². The van der Waals surface area contributed by atoms with Gasteiger partial charge in [-0.25, -0.2) is 0 Å². The van der Waals surface area contributed by atoms with Crippen molar-refractivity contribution in [2.45, 2.75) is 33.2 Å². The van der Waals surface area contributed by atoms with Gasteiger partial charge in [-0.15, -0.1) is 0 Å². The van der Waals surface area contributed by atoms with E-state index < -0.39 is 0 Å². The summed E-state index contributed by atoms with van der Waals surface area (Å²) in [6.07, 6.45) is 0.849. The van der Waals surface area contributed by atoms with E-state index in [0.29, 0.717) is 11.3 Å². The van der Waals surface area contributed by atoms with Crippen molar-refractivity contribution in [3.8, 4) is 5.75 Å². The zero-order valence-electron chi connectivity index (χ0n) is 17.9. The molecule has 0 radical (unpaired) electrons. The van der Waals surface area contributed by atoms with Gasteiger partial charge in [-0.3, -0.25) is 9.59 Å². The second kappa shape index (κ2) is 8.26. The Hall–Kier alpha value is -3.60. The predicted octanol–water partition coefficient (Wildman–Crippen LogP) is 5.60. The summed E-state index contributed by atoms with van der Waals surface area (Å²) >= 11 is 0. The van der Waals surface area contributed by atoms with Crippen molar-refractivity contribution in [1.82, 2.24) is 0 Å². The molecule has 0 fully saturated rings. The Morgan fingerprint density at radius 3 is 2.39 bits per heavy atom. The number of nitrogens with one attached hydrogen (secondary N) is 2. The van der Waals surface area contributed by atoms with E-state index in [1.165, 1.54) is 6.92 Å². The molecule has 0 saturated heterocycles. The highest BCUT2D eigenvalue weighted by Gasteiger charge is 2.36. The minimum Gasteiger partial charge on any atom is -0.427 e. The Morgan fingerprint density at radius 2 is 1.71 bits per heavy atom. The summed E-state index contributed by atoms with van der Waals surface area (Å²) in [5.41, 5.74) is 4.66. The summed E-state index contributed by atoms with van der Waals surface area (Å²) in [4.78, 5) is 23.6. The molecule has 3 aromatic carbocycles. The highest BCUT2D eigenvalue weighted by molar-refractivity contribution is 6.04. The molecule has 3 aromatic rings. The second-order valence-electron chi connectivity index (χ2n) is 8.60. The van der Waals surface area contributed by atoms with E-state index in [-0.39, 0.29) is 23.3 Å². The van der Waals surface area contributed by atoms with Crippen LogP contribution in [0.5, 0.6) is 5.75 Å². The molecule has 1 unspecified atom stereocenters. The van der Waals surface area contributed by atoms with Gasteiger partial charge >= 0.3 is 5.97 Å². The van der Waals surface area contributed by atoms with Crippen LogP contribution in [-0.4, -0.2) is 11.9 Å². The van der Waals surface area contributed by atoms with Gasteiger partial charge in [0.1, 0.15) is 5.75 Å². The normalized spacial score (nSPS) is 16.5. The molecule has 0 aliphatic carbocycles. The number of carbonyl (C=O) groups excluding carboxylic acids is 2. The van der Waals surface area contributed by atoms with Crippen LogP contribution in [0.2, 0.25) is 0 Å². The third-order valence-electron chi connectivity index (χ3n) is 5.60. The van der Waals surface area contributed by atoms with Crippen LogP contribution < -0.4 is 15.4 Å². The average molecular weight is 415 g/mol. The van der Waals surface area contributed by atoms with Crippen molar-refractivity contribution in [1.29, 1.82) is 0 Å². The summed E-state index contributed by atoms with van der Waals surface area (Å²) < 4.78 is 5.24. The first kappa shape index (κ1) is 20.7. The van der Waals surface area contributed by atoms with Crippen LogP contribution in [-0.2, 0) is 11.2 Å². The fraction of sp³-hybridized carbons (Fsp3) is 0.231. The molecule has 0 bridgehead atoms. The van der Waals surface area contributed by atoms with Gasteiger partial charge in [0, 0.05) is 23.9 Å². The molecule has 1 heterocycles. The van der Waals surface area contributed by atoms with Crippen molar-refractivity contribution in [3.63, 3.8) is 0 Å². The van der Waals surface area contributed by atoms with Crippen molar-refractivity contribution in [3.05, 3.63) is 89.5 Å². The molecule has 5 nitrogen and oxygen atoms in total. The summed E-state index contributed by atoms with van der Waals surface area (Å²) in [7, 11) is 0. The number of benzene rings is 3. The van der Waals surface area contributed by atoms with Gasteiger partial charge in [0.25, 0.3) is 5.91 Å². The Bertz CT molecular complexity index is 1110. The maximum Gasteiger partial charge on any atom is 0.308 e. The van der Waals surface area contributed by atoms with Crippen LogP contribution in [0.15, 0.2) is 72.8 Å². The van der Waals surface area contributed by atoms with Crippen molar-refractivity contribution in [2.24, 2.45) is 5.41 Å². The standard InChI is InChI=1S/C26H26N2O3/c1-17(29)31-22-13-14-23-20(15-22)16-26(2,3)24(28-23)18-9-11-21(12-10-18)27-25(30)19-7-5-4-6-8-19/h4-15,24,28H,16H2,1-3H3,(H,27,30). The van der Waals surface area contributed by atoms with Crippen molar-refractivity contribution < 1.29 is 14.3 Å². The van der Waals surface area contributed by atoms with Gasteiger partial charge < -0.3 is 15.4 Å². The summed E-state index contributed by atoms with van der Waals surface area (Å²) in [5, 5.41) is 6.59. The number of hydrogen-bond acceptors (Lipinski definition) is 4. The van der Waals surface area contributed by atoms with Crippen LogP contribution in [0.1, 0.15) is 48.3 Å². The molecule has 1 atom stereocenters. The second-order valence-corrected chi connectivity index (χ2v) is 8.60.